The van der Waals surface area contributed by atoms with Gasteiger partial charge in [-0.2, -0.15) is 5.10 Å². The van der Waals surface area contributed by atoms with Gasteiger partial charge in [-0.25, -0.2) is 8.42 Å². The summed E-state index contributed by atoms with van der Waals surface area (Å²) in [5, 5.41) is 9.43. The number of aromatic amines is 1. The van der Waals surface area contributed by atoms with Crippen LogP contribution in [0, 0.1) is 0 Å². The first-order valence-electron chi connectivity index (χ1n) is 5.94. The zero-order valence-corrected chi connectivity index (χ0v) is 11.3. The van der Waals surface area contributed by atoms with Crippen LogP contribution < -0.4 is 5.32 Å². The van der Waals surface area contributed by atoms with E-state index in [0.717, 1.165) is 5.69 Å². The molecule has 0 unspecified atom stereocenters. The second-order valence-electron chi connectivity index (χ2n) is 4.94. The zero-order valence-electron chi connectivity index (χ0n) is 10.4. The van der Waals surface area contributed by atoms with Gasteiger partial charge in [0.2, 0.25) is 0 Å². The topological polar surface area (TPSA) is 91.9 Å². The summed E-state index contributed by atoms with van der Waals surface area (Å²) in [6.07, 6.45) is 0.482. The lowest BCUT2D eigenvalue weighted by Gasteiger charge is -2.08. The molecule has 0 spiro atoms. The molecule has 0 bridgehead atoms. The third kappa shape index (κ3) is 2.90. The van der Waals surface area contributed by atoms with Crippen LogP contribution in [-0.2, 0) is 9.84 Å². The largest absolute Gasteiger partial charge is 0.347 e. The standard InChI is InChI=1S/C11H17N3O3S/c1-7(2)9-5-10(14-13-9)11(15)12-8-3-4-18(16,17)6-8/h5,7-8H,3-4,6H2,1-2H3,(H,12,15)(H,13,14)/t8-/m0/s1. The number of carbonyl (C=O) groups excluding carboxylic acids is 1. The Bertz CT molecular complexity index is 548. The second kappa shape index (κ2) is 4.72. The van der Waals surface area contributed by atoms with Gasteiger partial charge < -0.3 is 5.32 Å². The molecule has 2 N–H and O–H groups in total. The highest BCUT2D eigenvalue weighted by atomic mass is 32.2. The lowest BCUT2D eigenvalue weighted by atomic mass is 10.1. The number of hydrogen-bond acceptors (Lipinski definition) is 4. The van der Waals surface area contributed by atoms with E-state index in [1.54, 1.807) is 6.07 Å². The highest BCUT2D eigenvalue weighted by molar-refractivity contribution is 7.91. The number of sulfone groups is 1. The van der Waals surface area contributed by atoms with Crippen molar-refractivity contribution in [3.8, 4) is 0 Å². The fourth-order valence-corrected chi connectivity index (χ4v) is 3.59. The van der Waals surface area contributed by atoms with E-state index in [2.05, 4.69) is 15.5 Å². The molecule has 1 aliphatic rings. The van der Waals surface area contributed by atoms with Crippen molar-refractivity contribution in [2.45, 2.75) is 32.2 Å². The summed E-state index contributed by atoms with van der Waals surface area (Å²) in [6.45, 7) is 4.00. The van der Waals surface area contributed by atoms with Gasteiger partial charge in [0.1, 0.15) is 5.69 Å². The lowest BCUT2D eigenvalue weighted by Crippen LogP contribution is -2.35. The molecular formula is C11H17N3O3S. The van der Waals surface area contributed by atoms with E-state index in [1.165, 1.54) is 0 Å². The van der Waals surface area contributed by atoms with Crippen LogP contribution in [0.2, 0.25) is 0 Å². The molecule has 0 saturated carbocycles. The average Bonchev–Trinajstić information content (AvgIpc) is 2.85. The number of carbonyl (C=O) groups is 1. The minimum absolute atomic E-state index is 0.0280. The van der Waals surface area contributed by atoms with Gasteiger partial charge in [0.15, 0.2) is 9.84 Å². The van der Waals surface area contributed by atoms with Crippen molar-refractivity contribution in [3.63, 3.8) is 0 Å². The molecule has 1 aliphatic heterocycles. The van der Waals surface area contributed by atoms with Gasteiger partial charge in [0.25, 0.3) is 5.91 Å². The third-order valence-corrected chi connectivity index (χ3v) is 4.79. The van der Waals surface area contributed by atoms with Crippen molar-refractivity contribution in [1.82, 2.24) is 15.5 Å². The molecule has 6 nitrogen and oxygen atoms in total. The van der Waals surface area contributed by atoms with Crippen molar-refractivity contribution in [1.29, 1.82) is 0 Å². The smallest absolute Gasteiger partial charge is 0.272 e. The van der Waals surface area contributed by atoms with Crippen molar-refractivity contribution in [2.24, 2.45) is 0 Å². The van der Waals surface area contributed by atoms with Crippen molar-refractivity contribution >= 4 is 15.7 Å². The Hall–Kier alpha value is -1.37. The number of H-pyrrole nitrogens is 1. The molecule has 1 aromatic heterocycles. The molecule has 0 aliphatic carbocycles. The molecule has 1 fully saturated rings. The molecular weight excluding hydrogens is 254 g/mol. The second-order valence-corrected chi connectivity index (χ2v) is 7.17. The summed E-state index contributed by atoms with van der Waals surface area (Å²) in [5.74, 6) is 0.127. The van der Waals surface area contributed by atoms with Gasteiger partial charge in [-0.15, -0.1) is 0 Å². The van der Waals surface area contributed by atoms with Crippen LogP contribution in [0.5, 0.6) is 0 Å². The van der Waals surface area contributed by atoms with Gasteiger partial charge >= 0.3 is 0 Å². The molecule has 1 saturated heterocycles. The first-order valence-corrected chi connectivity index (χ1v) is 7.76. The van der Waals surface area contributed by atoms with Gasteiger partial charge in [-0.05, 0) is 18.4 Å². The maximum Gasteiger partial charge on any atom is 0.272 e. The minimum atomic E-state index is -2.97. The normalized spacial score (nSPS) is 22.3. The van der Waals surface area contributed by atoms with E-state index in [4.69, 9.17) is 0 Å². The van der Waals surface area contributed by atoms with E-state index in [0.29, 0.717) is 12.1 Å². The molecule has 1 atom stereocenters. The number of aromatic nitrogens is 2. The Balaban J connectivity index is 2.00. The Morgan fingerprint density at radius 2 is 2.28 bits per heavy atom. The summed E-state index contributed by atoms with van der Waals surface area (Å²) < 4.78 is 22.6. The molecule has 0 radical (unpaired) electrons. The van der Waals surface area contributed by atoms with Crippen LogP contribution in [0.15, 0.2) is 6.07 Å². The van der Waals surface area contributed by atoms with E-state index in [-0.39, 0.29) is 29.4 Å². The summed E-state index contributed by atoms with van der Waals surface area (Å²) in [6, 6.07) is 1.41. The van der Waals surface area contributed by atoms with Crippen LogP contribution in [0.25, 0.3) is 0 Å². The molecule has 7 heteroatoms. The maximum absolute atomic E-state index is 11.9. The average molecular weight is 271 g/mol. The van der Waals surface area contributed by atoms with E-state index in [9.17, 15) is 13.2 Å². The molecule has 2 heterocycles. The first-order chi connectivity index (χ1) is 8.37. The van der Waals surface area contributed by atoms with Crippen LogP contribution in [0.3, 0.4) is 0 Å². The highest BCUT2D eigenvalue weighted by Crippen LogP contribution is 2.14. The molecule has 1 amide bonds. The molecule has 1 aromatic rings. The quantitative estimate of drug-likeness (QED) is 0.835. The maximum atomic E-state index is 11.9. The van der Waals surface area contributed by atoms with Gasteiger partial charge in [0.05, 0.1) is 11.5 Å². The predicted molar refractivity (Wildman–Crippen MR) is 67.2 cm³/mol. The summed E-state index contributed by atoms with van der Waals surface area (Å²) in [5.41, 5.74) is 1.20. The molecule has 18 heavy (non-hydrogen) atoms. The Morgan fingerprint density at radius 3 is 2.78 bits per heavy atom. The van der Waals surface area contributed by atoms with E-state index >= 15 is 0 Å². The molecule has 0 aromatic carbocycles. The van der Waals surface area contributed by atoms with Gasteiger partial charge in [0, 0.05) is 11.7 Å². The third-order valence-electron chi connectivity index (χ3n) is 3.02. The van der Waals surface area contributed by atoms with Gasteiger partial charge in [-0.3, -0.25) is 9.89 Å². The highest BCUT2D eigenvalue weighted by Gasteiger charge is 2.29. The Kier molecular flexibility index (Phi) is 3.43. The van der Waals surface area contributed by atoms with Crippen molar-refractivity contribution < 1.29 is 13.2 Å². The number of nitrogens with zero attached hydrogens (tertiary/aromatic N) is 1. The Morgan fingerprint density at radius 1 is 1.56 bits per heavy atom. The number of hydrogen-bond donors (Lipinski definition) is 2. The number of amides is 1. The monoisotopic (exact) mass is 271 g/mol. The van der Waals surface area contributed by atoms with E-state index in [1.807, 2.05) is 13.8 Å². The van der Waals surface area contributed by atoms with Gasteiger partial charge in [-0.1, -0.05) is 13.8 Å². The molecule has 2 rings (SSSR count). The lowest BCUT2D eigenvalue weighted by molar-refractivity contribution is 0.0936. The first kappa shape index (κ1) is 13.1. The molecule has 100 valence electrons. The predicted octanol–water partition coefficient (Wildman–Crippen LogP) is 0.450. The van der Waals surface area contributed by atoms with Crippen LogP contribution in [0.4, 0.5) is 0 Å². The zero-order chi connectivity index (χ0) is 13.3. The minimum Gasteiger partial charge on any atom is -0.347 e. The fourth-order valence-electron chi connectivity index (χ4n) is 1.92. The van der Waals surface area contributed by atoms with Crippen molar-refractivity contribution in [3.05, 3.63) is 17.5 Å². The van der Waals surface area contributed by atoms with Crippen molar-refractivity contribution in [2.75, 3.05) is 11.5 Å². The van der Waals surface area contributed by atoms with Crippen LogP contribution in [0.1, 0.15) is 42.4 Å². The number of rotatable bonds is 3. The van der Waals surface area contributed by atoms with Crippen LogP contribution in [-0.4, -0.2) is 42.1 Å². The summed E-state index contributed by atoms with van der Waals surface area (Å²) >= 11 is 0. The van der Waals surface area contributed by atoms with E-state index < -0.39 is 9.84 Å². The van der Waals surface area contributed by atoms with Crippen LogP contribution >= 0.6 is 0 Å². The summed E-state index contributed by atoms with van der Waals surface area (Å²) in [4.78, 5) is 11.9. The Labute approximate surface area is 106 Å². The number of nitrogens with one attached hydrogen (secondary N) is 2. The fraction of sp³-hybridized carbons (Fsp3) is 0.636. The SMILES string of the molecule is CC(C)c1cc(C(=O)N[C@H]2CCS(=O)(=O)C2)n[nH]1. The summed E-state index contributed by atoms with van der Waals surface area (Å²) in [7, 11) is -2.97.